The van der Waals surface area contributed by atoms with Gasteiger partial charge in [-0.05, 0) is 49.3 Å². The lowest BCUT2D eigenvalue weighted by Gasteiger charge is -2.25. The van der Waals surface area contributed by atoms with E-state index < -0.39 is 0 Å². The maximum Gasteiger partial charge on any atom is 0.328 e. The average Bonchev–Trinajstić information content (AvgIpc) is 3.50. The Morgan fingerprint density at radius 3 is 2.88 bits per heavy atom. The molecule has 1 atom stereocenters. The summed E-state index contributed by atoms with van der Waals surface area (Å²) in [6.45, 7) is 5.49. The molecule has 1 aromatic carbocycles. The summed E-state index contributed by atoms with van der Waals surface area (Å²) in [5, 5.41) is 4.06. The SMILES string of the molecule is CCOC(=O)CCCSc1cnc(NC(=O)N2CC3(CCN(C(C)=O)C3)c3cc(Cl)ccc32)s1. The third kappa shape index (κ3) is 5.34. The lowest BCUT2D eigenvalue weighted by Crippen LogP contribution is -2.41. The molecule has 2 aromatic rings. The zero-order chi connectivity index (χ0) is 24.3. The normalized spacial score (nSPS) is 18.9. The number of halogens is 1. The predicted octanol–water partition coefficient (Wildman–Crippen LogP) is 4.77. The maximum absolute atomic E-state index is 13.2. The fraction of sp³-hybridized carbons (Fsp3) is 0.478. The first kappa shape index (κ1) is 24.8. The largest absolute Gasteiger partial charge is 0.466 e. The second-order valence-corrected chi connectivity index (χ2v) is 11.3. The number of fused-ring (bicyclic) bond motifs is 2. The molecule has 3 amide bonds. The van der Waals surface area contributed by atoms with E-state index in [1.807, 2.05) is 17.0 Å². The zero-order valence-electron chi connectivity index (χ0n) is 19.1. The number of aromatic nitrogens is 1. The number of anilines is 2. The number of rotatable bonds is 7. The van der Waals surface area contributed by atoms with Gasteiger partial charge in [-0.15, -0.1) is 11.8 Å². The number of thioether (sulfide) groups is 1. The van der Waals surface area contributed by atoms with Crippen LogP contribution in [0.15, 0.2) is 28.6 Å². The molecular weight excluding hydrogens is 496 g/mol. The number of carbonyl (C=O) groups excluding carboxylic acids is 3. The number of nitrogens with one attached hydrogen (secondary N) is 1. The molecule has 1 saturated heterocycles. The molecule has 1 spiro atoms. The molecule has 11 heteroatoms. The van der Waals surface area contributed by atoms with Crippen LogP contribution >= 0.6 is 34.7 Å². The highest BCUT2D eigenvalue weighted by Crippen LogP contribution is 2.47. The van der Waals surface area contributed by atoms with E-state index in [4.69, 9.17) is 16.3 Å². The quantitative estimate of drug-likeness (QED) is 0.320. The molecule has 2 aliphatic heterocycles. The molecule has 0 saturated carbocycles. The van der Waals surface area contributed by atoms with Crippen LogP contribution in [0.5, 0.6) is 0 Å². The number of hydrogen-bond donors (Lipinski definition) is 1. The maximum atomic E-state index is 13.2. The summed E-state index contributed by atoms with van der Waals surface area (Å²) in [5.41, 5.74) is 1.51. The molecule has 0 radical (unpaired) electrons. The minimum atomic E-state index is -0.313. The lowest BCUT2D eigenvalue weighted by atomic mass is 9.81. The van der Waals surface area contributed by atoms with Crippen LogP contribution in [0.2, 0.25) is 5.02 Å². The Labute approximate surface area is 212 Å². The van der Waals surface area contributed by atoms with Crippen molar-refractivity contribution in [2.24, 2.45) is 0 Å². The van der Waals surface area contributed by atoms with Crippen molar-refractivity contribution in [1.82, 2.24) is 9.88 Å². The van der Waals surface area contributed by atoms with Gasteiger partial charge in [-0.25, -0.2) is 9.78 Å². The highest BCUT2D eigenvalue weighted by molar-refractivity contribution is 8.01. The average molecular weight is 523 g/mol. The Morgan fingerprint density at radius 2 is 2.15 bits per heavy atom. The summed E-state index contributed by atoms with van der Waals surface area (Å²) in [7, 11) is 0. The number of esters is 1. The Balaban J connectivity index is 1.39. The van der Waals surface area contributed by atoms with E-state index in [9.17, 15) is 14.4 Å². The van der Waals surface area contributed by atoms with Gasteiger partial charge in [-0.3, -0.25) is 19.8 Å². The number of likely N-dealkylation sites (tertiary alicyclic amines) is 1. The van der Waals surface area contributed by atoms with Gasteiger partial charge >= 0.3 is 12.0 Å². The number of hydrogen-bond acceptors (Lipinski definition) is 7. The van der Waals surface area contributed by atoms with Crippen molar-refractivity contribution in [3.05, 3.63) is 35.0 Å². The minimum Gasteiger partial charge on any atom is -0.466 e. The lowest BCUT2D eigenvalue weighted by molar-refractivity contribution is -0.143. The molecular formula is C23H27ClN4O4S2. The first-order valence-corrected chi connectivity index (χ1v) is 13.4. The molecule has 0 bridgehead atoms. The van der Waals surface area contributed by atoms with Crippen LogP contribution in [0.4, 0.5) is 15.6 Å². The van der Waals surface area contributed by atoms with E-state index in [1.54, 1.807) is 42.8 Å². The van der Waals surface area contributed by atoms with Crippen molar-refractivity contribution >= 4 is 63.4 Å². The molecule has 1 N–H and O–H groups in total. The highest BCUT2D eigenvalue weighted by Gasteiger charge is 2.49. The first-order valence-electron chi connectivity index (χ1n) is 11.2. The monoisotopic (exact) mass is 522 g/mol. The van der Waals surface area contributed by atoms with E-state index >= 15 is 0 Å². The summed E-state index contributed by atoms with van der Waals surface area (Å²) in [6, 6.07) is 5.32. The van der Waals surface area contributed by atoms with Crippen molar-refractivity contribution in [1.29, 1.82) is 0 Å². The van der Waals surface area contributed by atoms with E-state index in [0.717, 1.165) is 34.1 Å². The van der Waals surface area contributed by atoms with Crippen LogP contribution in [0.3, 0.4) is 0 Å². The topological polar surface area (TPSA) is 91.8 Å². The van der Waals surface area contributed by atoms with Crippen molar-refractivity contribution in [2.75, 3.05) is 42.2 Å². The van der Waals surface area contributed by atoms with E-state index in [1.165, 1.54) is 11.3 Å². The molecule has 0 aliphatic carbocycles. The molecule has 1 aromatic heterocycles. The van der Waals surface area contributed by atoms with Crippen molar-refractivity contribution in [2.45, 2.75) is 42.7 Å². The standard InChI is InChI=1S/C23H27ClN4O4S2/c1-3-32-19(30)5-4-10-33-20-12-25-21(34-20)26-22(31)28-14-23(8-9-27(13-23)15(2)29)17-11-16(24)6-7-18(17)28/h6-7,11-12H,3-5,8-10,13-14H2,1-2H3,(H,25,26,31). The zero-order valence-corrected chi connectivity index (χ0v) is 21.5. The van der Waals surface area contributed by atoms with Crippen molar-refractivity contribution in [3.8, 4) is 0 Å². The highest BCUT2D eigenvalue weighted by atomic mass is 35.5. The second kappa shape index (κ2) is 10.5. The van der Waals surface area contributed by atoms with Gasteiger partial charge in [0.15, 0.2) is 5.13 Å². The smallest absolute Gasteiger partial charge is 0.328 e. The van der Waals surface area contributed by atoms with Crippen LogP contribution in [0, 0.1) is 0 Å². The summed E-state index contributed by atoms with van der Waals surface area (Å²) in [4.78, 5) is 44.5. The number of carbonyl (C=O) groups is 3. The fourth-order valence-electron chi connectivity index (χ4n) is 4.48. The Hall–Kier alpha value is -2.30. The Bertz CT molecular complexity index is 1090. The van der Waals surface area contributed by atoms with Crippen molar-refractivity contribution in [3.63, 3.8) is 0 Å². The van der Waals surface area contributed by atoms with Crippen LogP contribution < -0.4 is 10.2 Å². The molecule has 8 nitrogen and oxygen atoms in total. The molecule has 4 rings (SSSR count). The van der Waals surface area contributed by atoms with Gasteiger partial charge in [-0.2, -0.15) is 0 Å². The first-order chi connectivity index (χ1) is 16.3. The predicted molar refractivity (Wildman–Crippen MR) is 135 cm³/mol. The van der Waals surface area contributed by atoms with Gasteiger partial charge in [0, 0.05) is 49.1 Å². The molecule has 3 heterocycles. The minimum absolute atomic E-state index is 0.0402. The van der Waals surface area contributed by atoms with Gasteiger partial charge in [0.05, 0.1) is 17.0 Å². The Morgan fingerprint density at radius 1 is 1.32 bits per heavy atom. The number of benzene rings is 1. The van der Waals surface area contributed by atoms with Gasteiger partial charge < -0.3 is 9.64 Å². The summed E-state index contributed by atoms with van der Waals surface area (Å²) in [5.74, 6) is 0.626. The number of amides is 3. The molecule has 2 aliphatic rings. The van der Waals surface area contributed by atoms with E-state index in [-0.39, 0.29) is 23.3 Å². The van der Waals surface area contributed by atoms with Gasteiger partial charge in [0.25, 0.3) is 0 Å². The molecule has 1 unspecified atom stereocenters. The molecule has 34 heavy (non-hydrogen) atoms. The van der Waals surface area contributed by atoms with Crippen LogP contribution in [-0.4, -0.2) is 59.8 Å². The van der Waals surface area contributed by atoms with Gasteiger partial charge in [0.1, 0.15) is 0 Å². The summed E-state index contributed by atoms with van der Waals surface area (Å²) in [6.07, 6.45) is 3.63. The van der Waals surface area contributed by atoms with Crippen molar-refractivity contribution < 1.29 is 19.1 Å². The van der Waals surface area contributed by atoms with E-state index in [2.05, 4.69) is 10.3 Å². The van der Waals surface area contributed by atoms with Crippen LogP contribution in [0.25, 0.3) is 0 Å². The number of ether oxygens (including phenoxy) is 1. The molecule has 1 fully saturated rings. The van der Waals surface area contributed by atoms with Gasteiger partial charge in [-0.1, -0.05) is 22.9 Å². The summed E-state index contributed by atoms with van der Waals surface area (Å²) < 4.78 is 5.91. The second-order valence-electron chi connectivity index (χ2n) is 8.39. The van der Waals surface area contributed by atoms with Gasteiger partial charge in [0.2, 0.25) is 5.91 Å². The summed E-state index contributed by atoms with van der Waals surface area (Å²) >= 11 is 9.30. The molecule has 182 valence electrons. The number of urea groups is 1. The third-order valence-corrected chi connectivity index (χ3v) is 8.53. The third-order valence-electron chi connectivity index (χ3n) is 6.10. The Kier molecular flexibility index (Phi) is 7.69. The van der Waals surface area contributed by atoms with Crippen LogP contribution in [-0.2, 0) is 19.7 Å². The van der Waals surface area contributed by atoms with E-state index in [0.29, 0.717) is 42.8 Å². The number of nitrogens with zero attached hydrogens (tertiary/aromatic N) is 3. The fourth-order valence-corrected chi connectivity index (χ4v) is 6.53. The number of thiazole rings is 1. The van der Waals surface area contributed by atoms with Crippen LogP contribution in [0.1, 0.15) is 38.7 Å².